The molecule has 36 heavy (non-hydrogen) atoms. The number of nitrogens with zero attached hydrogens (tertiary/aromatic N) is 4. The van der Waals surface area contributed by atoms with Crippen LogP contribution in [0.15, 0.2) is 18.7 Å². The number of nitrogens with one attached hydrogen (secondary N) is 1. The minimum Gasteiger partial charge on any atom is -0.507 e. The zero-order valence-corrected chi connectivity index (χ0v) is 19.8. The highest BCUT2D eigenvalue weighted by molar-refractivity contribution is 7.46. The Hall–Kier alpha value is -3.24. The van der Waals surface area contributed by atoms with Crippen LogP contribution >= 0.6 is 7.82 Å². The lowest BCUT2D eigenvalue weighted by molar-refractivity contribution is -0.0511. The number of phenols is 1. The van der Waals surface area contributed by atoms with Crippen molar-refractivity contribution >= 4 is 24.8 Å². The first kappa shape index (κ1) is 25.8. The standard InChI is InChI=1S/C19H24N5O11P/c1-32-10-3-9(26)8(15(33-2)16(10)35-36(29,30)31)4-20-17-12-18(22-6-21-17)24(7-23-12)19-14(28)13(27)11(5-25)34-19/h3,6-7,11,13-14,19,25-28H,4-5H2,1-2H3,(H,20,21,22)(H2,29,30,31)/t11-,13-,14-,19-/m1/s1. The molecule has 1 fully saturated rings. The normalized spacial score (nSPS) is 22.1. The van der Waals surface area contributed by atoms with Gasteiger partial charge in [0, 0.05) is 12.6 Å². The Balaban J connectivity index is 1.66. The third-order valence-electron chi connectivity index (χ3n) is 5.50. The van der Waals surface area contributed by atoms with Gasteiger partial charge in [0.2, 0.25) is 5.75 Å². The quantitative estimate of drug-likeness (QED) is 0.169. The van der Waals surface area contributed by atoms with Gasteiger partial charge in [-0.3, -0.25) is 14.4 Å². The summed E-state index contributed by atoms with van der Waals surface area (Å²) in [6, 6.07) is 1.11. The summed E-state index contributed by atoms with van der Waals surface area (Å²) in [6.07, 6.45) is -2.19. The second kappa shape index (κ2) is 10.0. The summed E-state index contributed by atoms with van der Waals surface area (Å²) in [6.45, 7) is -0.659. The number of anilines is 1. The zero-order chi connectivity index (χ0) is 26.2. The van der Waals surface area contributed by atoms with Gasteiger partial charge in [-0.15, -0.1) is 0 Å². The highest BCUT2D eigenvalue weighted by atomic mass is 31.2. The van der Waals surface area contributed by atoms with Crippen molar-refractivity contribution in [3.05, 3.63) is 24.3 Å². The van der Waals surface area contributed by atoms with Gasteiger partial charge in [-0.2, -0.15) is 0 Å². The van der Waals surface area contributed by atoms with Gasteiger partial charge in [0.15, 0.2) is 34.7 Å². The maximum Gasteiger partial charge on any atom is 0.525 e. The summed E-state index contributed by atoms with van der Waals surface area (Å²) in [5.74, 6) is -0.899. The highest BCUT2D eigenvalue weighted by Gasteiger charge is 2.44. The first-order valence-corrected chi connectivity index (χ1v) is 11.9. The van der Waals surface area contributed by atoms with Gasteiger partial charge in [0.25, 0.3) is 0 Å². The predicted molar refractivity (Wildman–Crippen MR) is 120 cm³/mol. The monoisotopic (exact) mass is 529 g/mol. The Bertz CT molecular complexity index is 1300. The average Bonchev–Trinajstić information content (AvgIpc) is 3.39. The number of phosphoric acid groups is 1. The minimum atomic E-state index is -5.00. The lowest BCUT2D eigenvalue weighted by atomic mass is 10.1. The molecule has 0 aliphatic carbocycles. The Morgan fingerprint density at radius 1 is 1.14 bits per heavy atom. The molecule has 2 aromatic heterocycles. The number of aromatic hydroxyl groups is 1. The number of phosphoric ester groups is 1. The molecule has 0 radical (unpaired) electrons. The van der Waals surface area contributed by atoms with Crippen LogP contribution in [-0.2, 0) is 15.8 Å². The number of ether oxygens (including phenoxy) is 3. The Morgan fingerprint density at radius 2 is 1.89 bits per heavy atom. The molecule has 3 aromatic rings. The second-order valence-corrected chi connectivity index (χ2v) is 8.81. The second-order valence-electron chi connectivity index (χ2n) is 7.65. The number of aliphatic hydroxyl groups excluding tert-OH is 3. The van der Waals surface area contributed by atoms with Gasteiger partial charge in [-0.05, 0) is 0 Å². The van der Waals surface area contributed by atoms with Gasteiger partial charge >= 0.3 is 7.82 Å². The number of aliphatic hydroxyl groups is 3. The first-order valence-electron chi connectivity index (χ1n) is 10.3. The van der Waals surface area contributed by atoms with Crippen LogP contribution in [-0.4, -0.2) is 88.9 Å². The van der Waals surface area contributed by atoms with Crippen molar-refractivity contribution in [1.29, 1.82) is 0 Å². The number of hydrogen-bond donors (Lipinski definition) is 7. The van der Waals surface area contributed by atoms with Crippen molar-refractivity contribution in [1.82, 2.24) is 19.5 Å². The number of phenolic OH excluding ortho intramolecular Hbond substituents is 1. The molecule has 0 spiro atoms. The molecule has 7 N–H and O–H groups in total. The molecule has 1 aliphatic heterocycles. The third-order valence-corrected chi connectivity index (χ3v) is 5.92. The lowest BCUT2D eigenvalue weighted by Gasteiger charge is -2.19. The van der Waals surface area contributed by atoms with Crippen molar-refractivity contribution in [2.45, 2.75) is 31.1 Å². The van der Waals surface area contributed by atoms with Gasteiger partial charge in [0.1, 0.15) is 30.4 Å². The zero-order valence-electron chi connectivity index (χ0n) is 18.9. The number of hydrogen-bond acceptors (Lipinski definition) is 13. The van der Waals surface area contributed by atoms with E-state index in [9.17, 15) is 34.8 Å². The molecular weight excluding hydrogens is 505 g/mol. The number of imidazole rings is 1. The summed E-state index contributed by atoms with van der Waals surface area (Å²) in [4.78, 5) is 31.1. The molecule has 0 amide bonds. The molecule has 16 nitrogen and oxygen atoms in total. The van der Waals surface area contributed by atoms with E-state index in [1.165, 1.54) is 31.4 Å². The predicted octanol–water partition coefficient (Wildman–Crippen LogP) is -0.756. The van der Waals surface area contributed by atoms with Crippen LogP contribution in [0.3, 0.4) is 0 Å². The molecule has 17 heteroatoms. The van der Waals surface area contributed by atoms with E-state index in [2.05, 4.69) is 20.3 Å². The van der Waals surface area contributed by atoms with Crippen molar-refractivity contribution in [2.24, 2.45) is 0 Å². The third kappa shape index (κ3) is 4.75. The molecule has 196 valence electrons. The summed E-state index contributed by atoms with van der Waals surface area (Å²) in [5.41, 5.74) is 0.545. The Morgan fingerprint density at radius 3 is 2.50 bits per heavy atom. The van der Waals surface area contributed by atoms with E-state index < -0.39 is 44.7 Å². The Kier molecular flexibility index (Phi) is 7.19. The SMILES string of the molecule is COc1cc(O)c(CNc2ncnc3c2ncn3[C@@H]2O[C@H](CO)[C@@H](O)[C@H]2O)c(OC)c1OP(=O)(O)O. The topological polar surface area (TPSA) is 231 Å². The van der Waals surface area contributed by atoms with E-state index in [-0.39, 0.29) is 46.3 Å². The van der Waals surface area contributed by atoms with Crippen molar-refractivity contribution < 1.29 is 53.5 Å². The number of aromatic nitrogens is 4. The fourth-order valence-electron chi connectivity index (χ4n) is 3.84. The van der Waals surface area contributed by atoms with Gasteiger partial charge in [-0.1, -0.05) is 0 Å². The maximum atomic E-state index is 11.5. The highest BCUT2D eigenvalue weighted by Crippen LogP contribution is 2.51. The van der Waals surface area contributed by atoms with Crippen LogP contribution in [0, 0.1) is 0 Å². The maximum absolute atomic E-state index is 11.5. The first-order chi connectivity index (χ1) is 17.1. The summed E-state index contributed by atoms with van der Waals surface area (Å²) < 4.78 is 33.4. The minimum absolute atomic E-state index is 0.0661. The van der Waals surface area contributed by atoms with E-state index in [1.54, 1.807) is 0 Å². The molecule has 0 bridgehead atoms. The van der Waals surface area contributed by atoms with Crippen LogP contribution in [0.2, 0.25) is 0 Å². The van der Waals surface area contributed by atoms with Crippen LogP contribution < -0.4 is 19.3 Å². The van der Waals surface area contributed by atoms with Crippen LogP contribution in [0.1, 0.15) is 11.8 Å². The van der Waals surface area contributed by atoms with Crippen molar-refractivity contribution in [3.63, 3.8) is 0 Å². The number of benzene rings is 1. The van der Waals surface area contributed by atoms with Gasteiger partial charge in [-0.25, -0.2) is 19.5 Å². The molecule has 3 heterocycles. The van der Waals surface area contributed by atoms with E-state index in [4.69, 9.17) is 18.7 Å². The lowest BCUT2D eigenvalue weighted by Crippen LogP contribution is -2.33. The summed E-state index contributed by atoms with van der Waals surface area (Å²) in [7, 11) is -2.56. The van der Waals surface area contributed by atoms with Crippen molar-refractivity contribution in [2.75, 3.05) is 26.1 Å². The summed E-state index contributed by atoms with van der Waals surface area (Å²) >= 11 is 0. The molecule has 0 saturated carbocycles. The number of methoxy groups -OCH3 is 2. The number of rotatable bonds is 9. The molecule has 1 aromatic carbocycles. The van der Waals surface area contributed by atoms with Crippen LogP contribution in [0.25, 0.3) is 11.2 Å². The van der Waals surface area contributed by atoms with E-state index >= 15 is 0 Å². The van der Waals surface area contributed by atoms with E-state index in [0.29, 0.717) is 0 Å². The van der Waals surface area contributed by atoms with Crippen LogP contribution in [0.4, 0.5) is 5.82 Å². The van der Waals surface area contributed by atoms with Gasteiger partial charge in [0.05, 0.1) is 32.7 Å². The molecule has 4 atom stereocenters. The van der Waals surface area contributed by atoms with Crippen molar-refractivity contribution in [3.8, 4) is 23.0 Å². The smallest absolute Gasteiger partial charge is 0.507 e. The van der Waals surface area contributed by atoms with Gasteiger partial charge < -0.3 is 44.5 Å². The molecule has 1 saturated heterocycles. The fourth-order valence-corrected chi connectivity index (χ4v) is 4.25. The molecule has 1 aliphatic rings. The number of fused-ring (bicyclic) bond motifs is 1. The summed E-state index contributed by atoms with van der Waals surface area (Å²) in [5, 5.41) is 43.2. The Labute approximate surface area is 202 Å². The van der Waals surface area contributed by atoms with E-state index in [0.717, 1.165) is 6.07 Å². The fraction of sp³-hybridized carbons (Fsp3) is 0.421. The van der Waals surface area contributed by atoms with E-state index in [1.807, 2.05) is 0 Å². The average molecular weight is 529 g/mol. The molecular formula is C19H24N5O11P. The molecule has 0 unspecified atom stereocenters. The van der Waals surface area contributed by atoms with Crippen LogP contribution in [0.5, 0.6) is 23.0 Å². The largest absolute Gasteiger partial charge is 0.525 e. The molecule has 4 rings (SSSR count).